The van der Waals surface area contributed by atoms with Crippen molar-refractivity contribution < 1.29 is 9.84 Å². The van der Waals surface area contributed by atoms with E-state index >= 15 is 0 Å². The van der Waals surface area contributed by atoms with Gasteiger partial charge in [-0.15, -0.1) is 0 Å². The van der Waals surface area contributed by atoms with Crippen LogP contribution in [-0.4, -0.2) is 17.2 Å². The molecule has 1 heterocycles. The molecule has 0 aliphatic heterocycles. The predicted molar refractivity (Wildman–Crippen MR) is 66.9 cm³/mol. The van der Waals surface area contributed by atoms with Crippen LogP contribution in [0, 0.1) is 6.92 Å². The molecule has 0 fully saturated rings. The first kappa shape index (κ1) is 11.6. The van der Waals surface area contributed by atoms with Gasteiger partial charge in [-0.1, -0.05) is 12.1 Å². The third-order valence-electron chi connectivity index (χ3n) is 2.70. The molecule has 0 saturated heterocycles. The fraction of sp³-hybridized carbons (Fsp3) is 0.214. The molecular formula is C14H15NO2. The Labute approximate surface area is 101 Å². The van der Waals surface area contributed by atoms with Crippen LogP contribution < -0.4 is 4.74 Å². The summed E-state index contributed by atoms with van der Waals surface area (Å²) >= 11 is 0. The van der Waals surface area contributed by atoms with Crippen molar-refractivity contribution in [2.24, 2.45) is 0 Å². The highest BCUT2D eigenvalue weighted by Gasteiger charge is 2.05. The summed E-state index contributed by atoms with van der Waals surface area (Å²) in [6.07, 6.45) is 1.83. The van der Waals surface area contributed by atoms with E-state index in [0.717, 1.165) is 22.4 Å². The number of rotatable bonds is 3. The zero-order chi connectivity index (χ0) is 12.3. The topological polar surface area (TPSA) is 42.4 Å². The Morgan fingerprint density at radius 2 is 1.94 bits per heavy atom. The molecule has 0 atom stereocenters. The Balaban J connectivity index is 2.42. The molecule has 0 amide bonds. The molecular weight excluding hydrogens is 214 g/mol. The third kappa shape index (κ3) is 2.45. The van der Waals surface area contributed by atoms with Crippen molar-refractivity contribution in [3.05, 3.63) is 47.8 Å². The van der Waals surface area contributed by atoms with Crippen LogP contribution in [-0.2, 0) is 6.61 Å². The van der Waals surface area contributed by atoms with Gasteiger partial charge in [-0.05, 0) is 30.7 Å². The second-order valence-corrected chi connectivity index (χ2v) is 3.87. The lowest BCUT2D eigenvalue weighted by Crippen LogP contribution is -1.92. The maximum Gasteiger partial charge on any atom is 0.124 e. The Kier molecular flexibility index (Phi) is 3.40. The van der Waals surface area contributed by atoms with E-state index in [9.17, 15) is 5.11 Å². The SMILES string of the molecule is COc1ccc(-c2ccc(C)nc2)cc1CO. The smallest absolute Gasteiger partial charge is 0.124 e. The van der Waals surface area contributed by atoms with Crippen molar-refractivity contribution in [3.63, 3.8) is 0 Å². The molecule has 1 N–H and O–H groups in total. The second kappa shape index (κ2) is 4.97. The van der Waals surface area contributed by atoms with Gasteiger partial charge in [0.25, 0.3) is 0 Å². The van der Waals surface area contributed by atoms with Gasteiger partial charge in [0.1, 0.15) is 5.75 Å². The van der Waals surface area contributed by atoms with Crippen LogP contribution in [0.5, 0.6) is 5.75 Å². The first-order valence-electron chi connectivity index (χ1n) is 5.45. The molecule has 0 aliphatic carbocycles. The van der Waals surface area contributed by atoms with Crippen molar-refractivity contribution in [2.45, 2.75) is 13.5 Å². The predicted octanol–water partition coefficient (Wildman–Crippen LogP) is 2.56. The average Bonchev–Trinajstić information content (AvgIpc) is 2.39. The van der Waals surface area contributed by atoms with E-state index in [4.69, 9.17) is 4.74 Å². The molecule has 0 spiro atoms. The van der Waals surface area contributed by atoms with Crippen molar-refractivity contribution in [2.75, 3.05) is 7.11 Å². The number of ether oxygens (including phenoxy) is 1. The first-order chi connectivity index (χ1) is 8.24. The number of hydrogen-bond acceptors (Lipinski definition) is 3. The molecule has 17 heavy (non-hydrogen) atoms. The average molecular weight is 229 g/mol. The van der Waals surface area contributed by atoms with Crippen molar-refractivity contribution >= 4 is 0 Å². The van der Waals surface area contributed by atoms with Crippen LogP contribution in [0.2, 0.25) is 0 Å². The monoisotopic (exact) mass is 229 g/mol. The second-order valence-electron chi connectivity index (χ2n) is 3.87. The van der Waals surface area contributed by atoms with Gasteiger partial charge < -0.3 is 9.84 Å². The number of pyridine rings is 1. The molecule has 3 nitrogen and oxygen atoms in total. The van der Waals surface area contributed by atoms with E-state index in [1.807, 2.05) is 43.5 Å². The van der Waals surface area contributed by atoms with Crippen molar-refractivity contribution in [3.8, 4) is 16.9 Å². The number of aliphatic hydroxyl groups is 1. The van der Waals surface area contributed by atoms with Gasteiger partial charge in [0.2, 0.25) is 0 Å². The maximum atomic E-state index is 9.27. The Bertz CT molecular complexity index is 506. The normalized spacial score (nSPS) is 10.3. The van der Waals surface area contributed by atoms with Crippen LogP contribution in [0.3, 0.4) is 0 Å². The lowest BCUT2D eigenvalue weighted by atomic mass is 10.0. The zero-order valence-corrected chi connectivity index (χ0v) is 9.97. The zero-order valence-electron chi connectivity index (χ0n) is 9.97. The quantitative estimate of drug-likeness (QED) is 0.879. The van der Waals surface area contributed by atoms with Gasteiger partial charge in [-0.25, -0.2) is 0 Å². The molecule has 2 rings (SSSR count). The van der Waals surface area contributed by atoms with Gasteiger partial charge >= 0.3 is 0 Å². The molecule has 2 aromatic rings. The molecule has 0 bridgehead atoms. The number of aryl methyl sites for hydroxylation is 1. The lowest BCUT2D eigenvalue weighted by molar-refractivity contribution is 0.274. The van der Waals surface area contributed by atoms with Crippen LogP contribution in [0.15, 0.2) is 36.5 Å². The summed E-state index contributed by atoms with van der Waals surface area (Å²) in [7, 11) is 1.60. The van der Waals surface area contributed by atoms with Gasteiger partial charge in [0.15, 0.2) is 0 Å². The lowest BCUT2D eigenvalue weighted by Gasteiger charge is -2.09. The summed E-state index contributed by atoms with van der Waals surface area (Å²) in [5.74, 6) is 0.705. The van der Waals surface area contributed by atoms with Gasteiger partial charge in [-0.3, -0.25) is 4.98 Å². The molecule has 88 valence electrons. The first-order valence-corrected chi connectivity index (χ1v) is 5.45. The molecule has 3 heteroatoms. The van der Waals surface area contributed by atoms with Gasteiger partial charge in [-0.2, -0.15) is 0 Å². The molecule has 1 aromatic carbocycles. The van der Waals surface area contributed by atoms with E-state index < -0.39 is 0 Å². The highest BCUT2D eigenvalue weighted by Crippen LogP contribution is 2.26. The van der Waals surface area contributed by atoms with Gasteiger partial charge in [0.05, 0.1) is 13.7 Å². The minimum absolute atomic E-state index is 0.0314. The third-order valence-corrected chi connectivity index (χ3v) is 2.70. The minimum atomic E-state index is -0.0314. The minimum Gasteiger partial charge on any atom is -0.496 e. The summed E-state index contributed by atoms with van der Waals surface area (Å²) in [6, 6.07) is 9.74. The van der Waals surface area contributed by atoms with Crippen LogP contribution in [0.1, 0.15) is 11.3 Å². The number of benzene rings is 1. The molecule has 0 saturated carbocycles. The number of aliphatic hydroxyl groups excluding tert-OH is 1. The van der Waals surface area contributed by atoms with Crippen molar-refractivity contribution in [1.82, 2.24) is 4.98 Å². The number of methoxy groups -OCH3 is 1. The fourth-order valence-electron chi connectivity index (χ4n) is 1.72. The van der Waals surface area contributed by atoms with E-state index in [1.165, 1.54) is 0 Å². The summed E-state index contributed by atoms with van der Waals surface area (Å²) < 4.78 is 5.17. The number of aromatic nitrogens is 1. The highest BCUT2D eigenvalue weighted by molar-refractivity contribution is 5.64. The Morgan fingerprint density at radius 3 is 2.53 bits per heavy atom. The standard InChI is InChI=1S/C14H15NO2/c1-10-3-4-12(8-15-10)11-5-6-14(17-2)13(7-11)9-16/h3-8,16H,9H2,1-2H3. The maximum absolute atomic E-state index is 9.27. The molecule has 0 aliphatic rings. The largest absolute Gasteiger partial charge is 0.496 e. The molecule has 0 radical (unpaired) electrons. The van der Waals surface area contributed by atoms with Crippen LogP contribution in [0.4, 0.5) is 0 Å². The van der Waals surface area contributed by atoms with E-state index in [-0.39, 0.29) is 6.61 Å². The number of nitrogens with zero attached hydrogens (tertiary/aromatic N) is 1. The molecule has 0 unspecified atom stereocenters. The number of hydrogen-bond donors (Lipinski definition) is 1. The van der Waals surface area contributed by atoms with E-state index in [2.05, 4.69) is 4.98 Å². The molecule has 1 aromatic heterocycles. The van der Waals surface area contributed by atoms with Crippen molar-refractivity contribution in [1.29, 1.82) is 0 Å². The van der Waals surface area contributed by atoms with E-state index in [0.29, 0.717) is 5.75 Å². The van der Waals surface area contributed by atoms with Crippen LogP contribution >= 0.6 is 0 Å². The summed E-state index contributed by atoms with van der Waals surface area (Å²) in [5, 5.41) is 9.27. The van der Waals surface area contributed by atoms with Gasteiger partial charge in [0, 0.05) is 23.0 Å². The Morgan fingerprint density at radius 1 is 1.18 bits per heavy atom. The van der Waals surface area contributed by atoms with Crippen LogP contribution in [0.25, 0.3) is 11.1 Å². The summed E-state index contributed by atoms with van der Waals surface area (Å²) in [5.41, 5.74) is 3.84. The summed E-state index contributed by atoms with van der Waals surface area (Å²) in [6.45, 7) is 1.92. The highest BCUT2D eigenvalue weighted by atomic mass is 16.5. The van der Waals surface area contributed by atoms with E-state index in [1.54, 1.807) is 7.11 Å². The Hall–Kier alpha value is -1.87. The summed E-state index contributed by atoms with van der Waals surface area (Å²) in [4.78, 5) is 4.26. The fourth-order valence-corrected chi connectivity index (χ4v) is 1.72.